The second-order valence-electron chi connectivity index (χ2n) is 5.03. The number of carbonyl (C=O) groups is 1. The molecule has 1 saturated heterocycles. The van der Waals surface area contributed by atoms with Crippen molar-refractivity contribution in [2.75, 3.05) is 25.4 Å². The number of hydrogen-bond acceptors (Lipinski definition) is 5. The zero-order chi connectivity index (χ0) is 15.6. The highest BCUT2D eigenvalue weighted by Gasteiger charge is 2.29. The van der Waals surface area contributed by atoms with Crippen LogP contribution in [0.5, 0.6) is 0 Å². The van der Waals surface area contributed by atoms with Gasteiger partial charge in [0.05, 0.1) is 4.92 Å². The van der Waals surface area contributed by atoms with E-state index in [4.69, 9.17) is 10.8 Å². The van der Waals surface area contributed by atoms with E-state index >= 15 is 0 Å². The van der Waals surface area contributed by atoms with Crippen LogP contribution < -0.4 is 5.73 Å². The molecule has 1 heterocycles. The Labute approximate surface area is 120 Å². The molecule has 1 aliphatic rings. The third-order valence-corrected chi connectivity index (χ3v) is 3.74. The smallest absolute Gasteiger partial charge is 0.293 e. The maximum absolute atomic E-state index is 13.9. The van der Waals surface area contributed by atoms with Gasteiger partial charge in [-0.3, -0.25) is 14.9 Å². The highest BCUT2D eigenvalue weighted by atomic mass is 19.1. The Kier molecular flexibility index (Phi) is 4.37. The van der Waals surface area contributed by atoms with Gasteiger partial charge in [0, 0.05) is 25.8 Å². The van der Waals surface area contributed by atoms with Crippen molar-refractivity contribution in [2.45, 2.75) is 12.8 Å². The topological polar surface area (TPSA) is 110 Å². The fraction of sp³-hybridized carbons (Fsp3) is 0.462. The average molecular weight is 297 g/mol. The summed E-state index contributed by atoms with van der Waals surface area (Å²) < 4.78 is 13.9. The van der Waals surface area contributed by atoms with Crippen molar-refractivity contribution in [1.82, 2.24) is 4.90 Å². The number of amides is 1. The van der Waals surface area contributed by atoms with Gasteiger partial charge in [-0.2, -0.15) is 0 Å². The predicted molar refractivity (Wildman–Crippen MR) is 73.2 cm³/mol. The lowest BCUT2D eigenvalue weighted by molar-refractivity contribution is -0.384. The van der Waals surface area contributed by atoms with E-state index in [-0.39, 0.29) is 12.5 Å². The Hall–Kier alpha value is -2.22. The average Bonchev–Trinajstić information content (AvgIpc) is 2.46. The summed E-state index contributed by atoms with van der Waals surface area (Å²) in [6.45, 7) is 0.784. The zero-order valence-electron chi connectivity index (χ0n) is 11.3. The molecule has 0 spiro atoms. The van der Waals surface area contributed by atoms with E-state index in [9.17, 15) is 19.3 Å². The van der Waals surface area contributed by atoms with E-state index in [1.165, 1.54) is 4.90 Å². The number of benzene rings is 1. The third-order valence-electron chi connectivity index (χ3n) is 3.74. The molecule has 1 fully saturated rings. The highest BCUT2D eigenvalue weighted by Crippen LogP contribution is 2.29. The molecular formula is C13H16FN3O4. The van der Waals surface area contributed by atoms with Crippen LogP contribution in [0.25, 0.3) is 0 Å². The molecule has 1 aliphatic heterocycles. The fourth-order valence-corrected chi connectivity index (χ4v) is 2.44. The molecule has 3 N–H and O–H groups in total. The summed E-state index contributed by atoms with van der Waals surface area (Å²) in [6.07, 6.45) is 1.22. The number of aliphatic hydroxyl groups excluding tert-OH is 1. The fourth-order valence-electron chi connectivity index (χ4n) is 2.44. The van der Waals surface area contributed by atoms with Gasteiger partial charge in [-0.25, -0.2) is 4.39 Å². The number of halogens is 1. The van der Waals surface area contributed by atoms with Crippen LogP contribution in [-0.4, -0.2) is 40.5 Å². The van der Waals surface area contributed by atoms with Gasteiger partial charge in [0.15, 0.2) is 0 Å². The normalized spacial score (nSPS) is 16.0. The van der Waals surface area contributed by atoms with Crippen molar-refractivity contribution < 1.29 is 19.2 Å². The molecule has 1 amide bonds. The number of rotatable bonds is 3. The van der Waals surface area contributed by atoms with Crippen LogP contribution in [0, 0.1) is 21.8 Å². The SMILES string of the molecule is Nc1c([N+](=O)[O-])ccc(F)c1C(=O)N1CCC(CO)CC1. The number of likely N-dealkylation sites (tertiary alicyclic amines) is 1. The van der Waals surface area contributed by atoms with Crippen molar-refractivity contribution in [3.05, 3.63) is 33.6 Å². The van der Waals surface area contributed by atoms with Crippen LogP contribution in [0.1, 0.15) is 23.2 Å². The van der Waals surface area contributed by atoms with Gasteiger partial charge in [0.1, 0.15) is 17.1 Å². The number of nitrogens with two attached hydrogens (primary N) is 1. The maximum atomic E-state index is 13.9. The second-order valence-corrected chi connectivity index (χ2v) is 5.03. The van der Waals surface area contributed by atoms with Crippen LogP contribution >= 0.6 is 0 Å². The van der Waals surface area contributed by atoms with Crippen LogP contribution in [0.3, 0.4) is 0 Å². The summed E-state index contributed by atoms with van der Waals surface area (Å²) in [6, 6.07) is 1.82. The van der Waals surface area contributed by atoms with Gasteiger partial charge in [0.2, 0.25) is 0 Å². The molecule has 1 aromatic rings. The van der Waals surface area contributed by atoms with Crippen molar-refractivity contribution in [1.29, 1.82) is 0 Å². The molecule has 0 bridgehead atoms. The quantitative estimate of drug-likeness (QED) is 0.494. The molecule has 21 heavy (non-hydrogen) atoms. The van der Waals surface area contributed by atoms with Crippen molar-refractivity contribution in [2.24, 2.45) is 5.92 Å². The molecule has 7 nitrogen and oxygen atoms in total. The monoisotopic (exact) mass is 297 g/mol. The van der Waals surface area contributed by atoms with E-state index in [0.717, 1.165) is 12.1 Å². The van der Waals surface area contributed by atoms with Gasteiger partial charge in [-0.15, -0.1) is 0 Å². The Balaban J connectivity index is 2.27. The number of anilines is 1. The first-order chi connectivity index (χ1) is 9.95. The number of nitro benzene ring substituents is 1. The number of carbonyl (C=O) groups excluding carboxylic acids is 1. The summed E-state index contributed by atoms with van der Waals surface area (Å²) in [5, 5.41) is 19.9. The molecular weight excluding hydrogens is 281 g/mol. The molecule has 0 atom stereocenters. The molecule has 114 valence electrons. The van der Waals surface area contributed by atoms with Crippen molar-refractivity contribution in [3.63, 3.8) is 0 Å². The first-order valence-corrected chi connectivity index (χ1v) is 6.58. The Morgan fingerprint density at radius 1 is 1.48 bits per heavy atom. The number of nitrogens with zero attached hydrogens (tertiary/aromatic N) is 2. The molecule has 0 saturated carbocycles. The number of nitrogen functional groups attached to an aromatic ring is 1. The van der Waals surface area contributed by atoms with Gasteiger partial charge in [-0.05, 0) is 24.8 Å². The minimum Gasteiger partial charge on any atom is -0.396 e. The number of hydrogen-bond donors (Lipinski definition) is 2. The Bertz CT molecular complexity index is 571. The third kappa shape index (κ3) is 2.94. The van der Waals surface area contributed by atoms with Crippen LogP contribution in [0.15, 0.2) is 12.1 Å². The molecule has 1 aromatic carbocycles. The van der Waals surface area contributed by atoms with Crippen molar-refractivity contribution >= 4 is 17.3 Å². The molecule has 2 rings (SSSR count). The van der Waals surface area contributed by atoms with Gasteiger partial charge in [0.25, 0.3) is 11.6 Å². The van der Waals surface area contributed by atoms with Gasteiger partial charge >= 0.3 is 0 Å². The van der Waals surface area contributed by atoms with E-state index < -0.39 is 33.6 Å². The van der Waals surface area contributed by atoms with E-state index in [2.05, 4.69) is 0 Å². The molecule has 0 radical (unpaired) electrons. The maximum Gasteiger partial charge on any atom is 0.293 e. The van der Waals surface area contributed by atoms with E-state index in [0.29, 0.717) is 25.9 Å². The van der Waals surface area contributed by atoms with E-state index in [1.54, 1.807) is 0 Å². The van der Waals surface area contributed by atoms with Crippen molar-refractivity contribution in [3.8, 4) is 0 Å². The standard InChI is InChI=1S/C13H16FN3O4/c14-9-1-2-10(17(20)21)12(15)11(9)13(19)16-5-3-8(7-18)4-6-16/h1-2,8,18H,3-7,15H2. The summed E-state index contributed by atoms with van der Waals surface area (Å²) in [7, 11) is 0. The lowest BCUT2D eigenvalue weighted by Crippen LogP contribution is -2.39. The molecule has 0 aliphatic carbocycles. The second kappa shape index (κ2) is 6.04. The lowest BCUT2D eigenvalue weighted by atomic mass is 9.97. The van der Waals surface area contributed by atoms with Crippen LogP contribution in [0.4, 0.5) is 15.8 Å². The number of aliphatic hydroxyl groups is 1. The van der Waals surface area contributed by atoms with Crippen LogP contribution in [-0.2, 0) is 0 Å². The van der Waals surface area contributed by atoms with E-state index in [1.807, 2.05) is 0 Å². The van der Waals surface area contributed by atoms with Gasteiger partial charge < -0.3 is 15.7 Å². The highest BCUT2D eigenvalue weighted by molar-refractivity contribution is 6.01. The summed E-state index contributed by atoms with van der Waals surface area (Å²) in [4.78, 5) is 23.8. The number of nitro groups is 1. The first-order valence-electron chi connectivity index (χ1n) is 6.58. The summed E-state index contributed by atoms with van der Waals surface area (Å²) in [5.41, 5.74) is 4.19. The minimum absolute atomic E-state index is 0.0509. The predicted octanol–water partition coefficient (Wildman–Crippen LogP) is 1.16. The summed E-state index contributed by atoms with van der Waals surface area (Å²) >= 11 is 0. The summed E-state index contributed by atoms with van der Waals surface area (Å²) in [5.74, 6) is -1.39. The molecule has 0 aromatic heterocycles. The minimum atomic E-state index is -0.868. The van der Waals surface area contributed by atoms with Crippen LogP contribution in [0.2, 0.25) is 0 Å². The molecule has 0 unspecified atom stereocenters. The lowest BCUT2D eigenvalue weighted by Gasteiger charge is -2.31. The zero-order valence-corrected chi connectivity index (χ0v) is 11.3. The molecule has 8 heteroatoms. The Morgan fingerprint density at radius 3 is 2.62 bits per heavy atom. The first kappa shape index (κ1) is 15.2. The number of piperidine rings is 1. The largest absolute Gasteiger partial charge is 0.396 e. The van der Waals surface area contributed by atoms with Gasteiger partial charge in [-0.1, -0.05) is 0 Å². The Morgan fingerprint density at radius 2 is 2.10 bits per heavy atom.